The maximum absolute atomic E-state index is 11.5. The molecule has 0 saturated heterocycles. The van der Waals surface area contributed by atoms with Crippen molar-refractivity contribution in [2.24, 2.45) is 0 Å². The second-order valence-corrected chi connectivity index (χ2v) is 8.39. The van der Waals surface area contributed by atoms with Gasteiger partial charge < -0.3 is 22.1 Å². The highest BCUT2D eigenvalue weighted by molar-refractivity contribution is 7.10. The first-order chi connectivity index (χ1) is 12.6. The van der Waals surface area contributed by atoms with Gasteiger partial charge in [-0.05, 0) is 30.4 Å². The molecule has 3 heterocycles. The Kier molecular flexibility index (Phi) is 8.70. The monoisotopic (exact) mass is 453 g/mol. The number of aryl methyl sites for hydroxylation is 1. The van der Waals surface area contributed by atoms with Crippen LogP contribution in [0.4, 0.5) is 5.95 Å². The minimum absolute atomic E-state index is 0. The average molecular weight is 454 g/mol. The topological polar surface area (TPSA) is 40.2 Å². The van der Waals surface area contributed by atoms with Gasteiger partial charge in [0, 0.05) is 6.07 Å². The van der Waals surface area contributed by atoms with Crippen LogP contribution in [0.1, 0.15) is 68.7 Å². The van der Waals surface area contributed by atoms with Crippen LogP contribution < -0.4 is 26.4 Å². The van der Waals surface area contributed by atoms with E-state index >= 15 is 0 Å². The normalized spacial score (nSPS) is 18.4. The lowest BCUT2D eigenvalue weighted by Gasteiger charge is -2.27. The molecular formula is C21H32BrN3OS. The second kappa shape index (κ2) is 10.5. The Bertz CT molecular complexity index is 708. The summed E-state index contributed by atoms with van der Waals surface area (Å²) in [4.78, 5) is 7.67. The minimum atomic E-state index is -0.971. The quantitative estimate of drug-likeness (QED) is 0.438. The van der Waals surface area contributed by atoms with Crippen LogP contribution in [-0.4, -0.2) is 16.6 Å². The van der Waals surface area contributed by atoms with Gasteiger partial charge in [0.15, 0.2) is 0 Å². The summed E-state index contributed by atoms with van der Waals surface area (Å²) in [6, 6.07) is 4.04. The average Bonchev–Trinajstić information content (AvgIpc) is 3.19. The summed E-state index contributed by atoms with van der Waals surface area (Å²) >= 11 is 1.64. The summed E-state index contributed by atoms with van der Waals surface area (Å²) in [5.41, 5.74) is 0.237. The number of nitrogens with zero attached hydrogens (tertiary/aromatic N) is 3. The highest BCUT2D eigenvalue weighted by Gasteiger charge is 2.51. The van der Waals surface area contributed by atoms with E-state index in [1.165, 1.54) is 50.5 Å². The van der Waals surface area contributed by atoms with E-state index in [-0.39, 0.29) is 17.0 Å². The van der Waals surface area contributed by atoms with Gasteiger partial charge in [-0.2, -0.15) is 0 Å². The predicted molar refractivity (Wildman–Crippen MR) is 107 cm³/mol. The van der Waals surface area contributed by atoms with Gasteiger partial charge in [-0.15, -0.1) is 11.3 Å². The van der Waals surface area contributed by atoms with Crippen molar-refractivity contribution < 1.29 is 26.7 Å². The fourth-order valence-electron chi connectivity index (χ4n) is 3.77. The largest absolute Gasteiger partial charge is 1.00 e. The zero-order valence-corrected chi connectivity index (χ0v) is 18.9. The number of thiophene rings is 1. The molecule has 1 aliphatic rings. The van der Waals surface area contributed by atoms with Crippen molar-refractivity contribution in [3.63, 3.8) is 0 Å². The number of aliphatic hydroxyl groups is 1. The third kappa shape index (κ3) is 5.30. The number of hydrogen-bond acceptors (Lipinski definition) is 4. The molecule has 0 spiro atoms. The Hall–Kier alpha value is -0.980. The maximum Gasteiger partial charge on any atom is 0.396 e. The summed E-state index contributed by atoms with van der Waals surface area (Å²) in [5.74, 6) is 0.879. The highest BCUT2D eigenvalue weighted by atomic mass is 79.9. The molecule has 2 aromatic heterocycles. The SMILES string of the molecule is CCCCCCCCCCN1c2nccc[n+]2CC1(O)c1cc(C)cs1.[Br-]. The summed E-state index contributed by atoms with van der Waals surface area (Å²) in [5, 5.41) is 13.6. The van der Waals surface area contributed by atoms with Crippen LogP contribution in [0.25, 0.3) is 0 Å². The summed E-state index contributed by atoms with van der Waals surface area (Å²) < 4.78 is 2.07. The summed E-state index contributed by atoms with van der Waals surface area (Å²) in [6.07, 6.45) is 14.2. The molecule has 0 radical (unpaired) electrons. The van der Waals surface area contributed by atoms with Gasteiger partial charge >= 0.3 is 5.95 Å². The number of unbranched alkanes of at least 4 members (excludes halogenated alkanes) is 7. The number of halogens is 1. The Morgan fingerprint density at radius 2 is 1.89 bits per heavy atom. The molecule has 0 saturated carbocycles. The summed E-state index contributed by atoms with van der Waals surface area (Å²) in [6.45, 7) is 5.74. The van der Waals surface area contributed by atoms with E-state index in [1.807, 2.05) is 18.5 Å². The van der Waals surface area contributed by atoms with Crippen LogP contribution in [0.3, 0.4) is 0 Å². The van der Waals surface area contributed by atoms with E-state index in [2.05, 4.69) is 39.7 Å². The number of anilines is 1. The molecule has 0 aliphatic carbocycles. The molecule has 27 heavy (non-hydrogen) atoms. The molecule has 0 amide bonds. The van der Waals surface area contributed by atoms with Crippen LogP contribution in [0.2, 0.25) is 0 Å². The van der Waals surface area contributed by atoms with Gasteiger partial charge in [0.05, 0.1) is 17.6 Å². The van der Waals surface area contributed by atoms with E-state index in [4.69, 9.17) is 0 Å². The third-order valence-corrected chi connectivity index (χ3v) is 6.43. The van der Waals surface area contributed by atoms with Gasteiger partial charge in [-0.25, -0.2) is 9.47 Å². The first-order valence-corrected chi connectivity index (χ1v) is 10.9. The van der Waals surface area contributed by atoms with Crippen molar-refractivity contribution in [2.45, 2.75) is 77.5 Å². The fourth-order valence-corrected chi connectivity index (χ4v) is 4.77. The lowest BCUT2D eigenvalue weighted by molar-refractivity contribution is -0.685. The second-order valence-electron chi connectivity index (χ2n) is 7.48. The van der Waals surface area contributed by atoms with Crippen LogP contribution in [0.15, 0.2) is 29.9 Å². The molecule has 3 rings (SSSR count). The van der Waals surface area contributed by atoms with Gasteiger partial charge in [-0.1, -0.05) is 56.9 Å². The van der Waals surface area contributed by atoms with E-state index in [9.17, 15) is 5.11 Å². The number of hydrogen-bond donors (Lipinski definition) is 1. The van der Waals surface area contributed by atoms with Crippen LogP contribution in [0.5, 0.6) is 0 Å². The first kappa shape index (κ1) is 22.3. The molecule has 2 aromatic rings. The van der Waals surface area contributed by atoms with Crippen molar-refractivity contribution in [3.8, 4) is 0 Å². The Morgan fingerprint density at radius 1 is 1.19 bits per heavy atom. The van der Waals surface area contributed by atoms with Gasteiger partial charge in [-0.3, -0.25) is 0 Å². The van der Waals surface area contributed by atoms with Crippen molar-refractivity contribution in [1.29, 1.82) is 0 Å². The lowest BCUT2D eigenvalue weighted by Crippen LogP contribution is -3.00. The third-order valence-electron chi connectivity index (χ3n) is 5.24. The number of aromatic nitrogens is 2. The van der Waals surface area contributed by atoms with Gasteiger partial charge in [0.25, 0.3) is 5.72 Å². The molecule has 1 unspecified atom stereocenters. The Labute approximate surface area is 178 Å². The first-order valence-electron chi connectivity index (χ1n) is 10.1. The summed E-state index contributed by atoms with van der Waals surface area (Å²) in [7, 11) is 0. The van der Waals surface area contributed by atoms with Crippen molar-refractivity contribution in [1.82, 2.24) is 4.98 Å². The molecule has 0 aromatic carbocycles. The van der Waals surface area contributed by atoms with E-state index in [0.29, 0.717) is 6.54 Å². The van der Waals surface area contributed by atoms with Crippen molar-refractivity contribution >= 4 is 17.3 Å². The smallest absolute Gasteiger partial charge is 0.396 e. The van der Waals surface area contributed by atoms with Gasteiger partial charge in [0.1, 0.15) is 12.7 Å². The number of fused-ring (bicyclic) bond motifs is 1. The van der Waals surface area contributed by atoms with Crippen LogP contribution in [-0.2, 0) is 12.3 Å². The predicted octanol–water partition coefficient (Wildman–Crippen LogP) is 1.55. The molecule has 1 N–H and O–H groups in total. The number of rotatable bonds is 10. The van der Waals surface area contributed by atoms with E-state index < -0.39 is 5.72 Å². The fraction of sp³-hybridized carbons (Fsp3) is 0.619. The standard InChI is InChI=1S/C21H32N3OS.BrH/c1-3-4-5-6-7-8-9-10-14-24-20-22-12-11-13-23(20)17-21(24,25)19-15-18(2)16-26-19;/h11-13,15-16,25H,3-10,14,17H2,1-2H3;1H/q+1;/p-1. The molecular weight excluding hydrogens is 422 g/mol. The lowest BCUT2D eigenvalue weighted by atomic mass is 10.1. The van der Waals surface area contributed by atoms with Gasteiger partial charge in [0.2, 0.25) is 0 Å². The molecule has 1 aliphatic heterocycles. The molecule has 6 heteroatoms. The van der Waals surface area contributed by atoms with Crippen molar-refractivity contribution in [3.05, 3.63) is 40.3 Å². The Morgan fingerprint density at radius 3 is 2.56 bits per heavy atom. The maximum atomic E-state index is 11.5. The highest BCUT2D eigenvalue weighted by Crippen LogP contribution is 2.37. The minimum Gasteiger partial charge on any atom is -1.00 e. The molecule has 150 valence electrons. The molecule has 4 nitrogen and oxygen atoms in total. The zero-order chi connectivity index (χ0) is 18.4. The molecule has 0 fully saturated rings. The van der Waals surface area contributed by atoms with Crippen molar-refractivity contribution in [2.75, 3.05) is 11.4 Å². The zero-order valence-electron chi connectivity index (χ0n) is 16.5. The van der Waals surface area contributed by atoms with Crippen LogP contribution in [0, 0.1) is 6.92 Å². The Balaban J connectivity index is 0.00000261. The molecule has 1 atom stereocenters. The molecule has 0 bridgehead atoms. The van der Waals surface area contributed by atoms with Crippen LogP contribution >= 0.6 is 11.3 Å². The van der Waals surface area contributed by atoms with E-state index in [0.717, 1.165) is 23.8 Å². The van der Waals surface area contributed by atoms with E-state index in [1.54, 1.807) is 11.3 Å².